The summed E-state index contributed by atoms with van der Waals surface area (Å²) in [4.78, 5) is 90.6. The number of carbonyl (C=O) groups excluding carboxylic acids is 6. The molecular formula is C65H91NO20Si2. The van der Waals surface area contributed by atoms with E-state index in [-0.39, 0.29) is 35.3 Å². The van der Waals surface area contributed by atoms with Gasteiger partial charge in [-0.3, -0.25) is 19.2 Å². The molecule has 1 heterocycles. The Morgan fingerprint density at radius 3 is 1.56 bits per heavy atom. The van der Waals surface area contributed by atoms with E-state index in [2.05, 4.69) is 5.32 Å². The van der Waals surface area contributed by atoms with Crippen molar-refractivity contribution in [3.63, 3.8) is 0 Å². The molecule has 23 heteroatoms. The van der Waals surface area contributed by atoms with E-state index >= 15 is 14.4 Å². The fourth-order valence-corrected chi connectivity index (χ4v) is 18.2. The molecule has 2 bridgehead atoms. The van der Waals surface area contributed by atoms with Crippen LogP contribution in [0.2, 0.25) is 0 Å². The minimum atomic E-state index is -4.57. The predicted octanol–water partition coefficient (Wildman–Crippen LogP) is 9.21. The Morgan fingerprint density at radius 2 is 1.10 bits per heavy atom. The van der Waals surface area contributed by atoms with Crippen LogP contribution in [0.15, 0.2) is 102 Å². The van der Waals surface area contributed by atoms with Crippen LogP contribution in [-0.2, 0) is 78.3 Å². The van der Waals surface area contributed by atoms with E-state index in [0.29, 0.717) is 5.56 Å². The van der Waals surface area contributed by atoms with Crippen molar-refractivity contribution in [2.75, 3.05) is 6.61 Å². The smallest absolute Gasteiger partial charge is 0.456 e. The molecule has 88 heavy (non-hydrogen) atoms. The molecule has 1 saturated heterocycles. The van der Waals surface area contributed by atoms with Crippen molar-refractivity contribution in [3.05, 3.63) is 119 Å². The van der Waals surface area contributed by atoms with Crippen LogP contribution in [0.3, 0.4) is 0 Å². The summed E-state index contributed by atoms with van der Waals surface area (Å²) < 4.78 is 86.3. The Hall–Kier alpha value is -5.55. The monoisotopic (exact) mass is 1260 g/mol. The van der Waals surface area contributed by atoms with Crippen LogP contribution < -0.4 is 5.32 Å². The molecule has 4 aliphatic rings. The molecule has 1 amide bonds. The molecule has 3 aromatic carbocycles. The van der Waals surface area contributed by atoms with E-state index in [1.165, 1.54) is 26.0 Å². The van der Waals surface area contributed by atoms with Gasteiger partial charge in [0.05, 0.1) is 35.6 Å². The Labute approximate surface area is 520 Å². The first-order valence-electron chi connectivity index (χ1n) is 30.4. The second-order valence-electron chi connectivity index (χ2n) is 25.5. The SMILES string of the molecule is CC(=O)O[C@H]1C(=O)[C@]2(C)[C@@H](O[Si](OC(C)C)(OC(C)C)OC(C)C)C[C@H]3OC[C@@]3(OC(C)=O)[C@H]2[C@H](OC(=O)c2ccccc2)[C@]2(O)C[C@H](OC(=O)[C@H](O[Si](OC(C)C)(OC(C)C)OC(C)C)[C@@H](NC(=O)c3ccccc3)c3ccccc3)C(C)=C1C2(C)C. The van der Waals surface area contributed by atoms with E-state index in [9.17, 15) is 19.5 Å². The number of rotatable bonds is 26. The molecule has 2 saturated carbocycles. The van der Waals surface area contributed by atoms with E-state index in [4.69, 9.17) is 59.1 Å². The molecule has 21 nitrogen and oxygen atoms in total. The number of Topliss-reactive ketones (excluding diaryl/α,β-unsaturated/α-hetero) is 1. The normalized spacial score (nSPS) is 26.8. The Balaban J connectivity index is 1.54. The molecule has 2 N–H and O–H groups in total. The Kier molecular flexibility index (Phi) is 22.2. The highest BCUT2D eigenvalue weighted by molar-refractivity contribution is 6.54. The third-order valence-corrected chi connectivity index (χ3v) is 21.9. The van der Waals surface area contributed by atoms with Gasteiger partial charge in [-0.2, -0.15) is 0 Å². The fourth-order valence-electron chi connectivity index (χ4n) is 12.8. The van der Waals surface area contributed by atoms with E-state index in [0.717, 1.165) is 6.92 Å². The number of benzene rings is 3. The Morgan fingerprint density at radius 1 is 0.625 bits per heavy atom. The topological polar surface area (TPSA) is 255 Å². The zero-order chi connectivity index (χ0) is 65.1. The number of hydrogen-bond donors (Lipinski definition) is 2. The highest BCUT2D eigenvalue weighted by Gasteiger charge is 2.79. The van der Waals surface area contributed by atoms with Crippen molar-refractivity contribution in [2.24, 2.45) is 16.7 Å². The van der Waals surface area contributed by atoms with Crippen molar-refractivity contribution in [1.82, 2.24) is 5.32 Å². The maximum absolute atomic E-state index is 17.0. The van der Waals surface area contributed by atoms with Crippen molar-refractivity contribution >= 4 is 53.7 Å². The van der Waals surface area contributed by atoms with Gasteiger partial charge in [0.25, 0.3) is 5.91 Å². The summed E-state index contributed by atoms with van der Waals surface area (Å²) in [5, 5.41) is 17.7. The van der Waals surface area contributed by atoms with Crippen molar-refractivity contribution in [3.8, 4) is 0 Å². The van der Waals surface area contributed by atoms with Gasteiger partial charge >= 0.3 is 42.0 Å². The van der Waals surface area contributed by atoms with Gasteiger partial charge in [0.15, 0.2) is 23.6 Å². The summed E-state index contributed by atoms with van der Waals surface area (Å²) in [5.41, 5.74) is -7.53. The highest BCUT2D eigenvalue weighted by atomic mass is 28.4. The first kappa shape index (κ1) is 69.9. The number of carbonyl (C=O) groups is 6. The standard InChI is InChI=1S/C65H91NO20Si2/c1-37(2)79-87(80-38(3)4,81-39(5)6)85-50-34-51-64(36-74-51,78-45(15)68)56-58(77-60(71)48-32-26-21-27-33-48)65(73)35-49(43(13)52(62(65,16)17)54(75-44(14)67)57(69)63(50,56)18)76-61(72)55(86-88(82-40(7)8,83-41(9)10)84-42(11)12)53(46-28-22-19-23-29-46)66-59(70)47-30-24-20-25-31-47/h19-33,37-42,49-51,53-56,58,73H,34-36H2,1-18H3,(H,66,70)/t49-,50-,51+,53-,54+,55+,56-,58-,63+,64-,65+/m0/s1. The molecule has 11 atom stereocenters. The number of amides is 1. The molecular weight excluding hydrogens is 1170 g/mol. The van der Waals surface area contributed by atoms with Gasteiger partial charge in [-0.15, -0.1) is 0 Å². The molecule has 1 aliphatic heterocycles. The van der Waals surface area contributed by atoms with E-state index < -0.39 is 167 Å². The Bertz CT molecular complexity index is 2920. The molecule has 0 aromatic heterocycles. The molecule has 3 aromatic rings. The second-order valence-corrected chi connectivity index (χ2v) is 29.4. The molecule has 484 valence electrons. The van der Waals surface area contributed by atoms with Crippen LogP contribution >= 0.6 is 0 Å². The van der Waals surface area contributed by atoms with Gasteiger partial charge in [-0.05, 0) is 138 Å². The molecule has 0 radical (unpaired) electrons. The maximum Gasteiger partial charge on any atom is 0.681 e. The van der Waals surface area contributed by atoms with Crippen LogP contribution in [0, 0.1) is 16.7 Å². The zero-order valence-corrected chi connectivity index (χ0v) is 56.1. The molecule has 3 fully saturated rings. The second kappa shape index (κ2) is 27.9. The largest absolute Gasteiger partial charge is 0.681 e. The summed E-state index contributed by atoms with van der Waals surface area (Å²) >= 11 is 0. The van der Waals surface area contributed by atoms with Crippen molar-refractivity contribution < 1.29 is 93.0 Å². The number of ketones is 1. The zero-order valence-electron chi connectivity index (χ0n) is 54.1. The first-order valence-corrected chi connectivity index (χ1v) is 33.7. The molecule has 0 spiro atoms. The highest BCUT2D eigenvalue weighted by Crippen LogP contribution is 2.65. The molecule has 7 rings (SSSR count). The third kappa shape index (κ3) is 14.8. The van der Waals surface area contributed by atoms with E-state index in [1.807, 2.05) is 0 Å². The number of esters is 4. The quantitative estimate of drug-likeness (QED) is 0.0328. The fraction of sp³-hybridized carbons (Fsp3) is 0.600. The van der Waals surface area contributed by atoms with Crippen molar-refractivity contribution in [1.29, 1.82) is 0 Å². The van der Waals surface area contributed by atoms with Crippen LogP contribution in [-0.4, -0.2) is 150 Å². The van der Waals surface area contributed by atoms with Gasteiger partial charge in [-0.1, -0.05) is 80.6 Å². The van der Waals surface area contributed by atoms with Crippen LogP contribution in [0.25, 0.3) is 0 Å². The summed E-state index contributed by atoms with van der Waals surface area (Å²) in [6, 6.07) is 23.5. The summed E-state index contributed by atoms with van der Waals surface area (Å²) in [6.45, 7) is 29.4. The average Bonchev–Trinajstić information content (AvgIpc) is 0.681. The van der Waals surface area contributed by atoms with Gasteiger partial charge in [0.1, 0.15) is 23.9 Å². The van der Waals surface area contributed by atoms with Gasteiger partial charge in [0, 0.05) is 74.3 Å². The molecule has 3 aliphatic carbocycles. The van der Waals surface area contributed by atoms with E-state index in [1.54, 1.807) is 183 Å². The number of fused-ring (bicyclic) bond motifs is 5. The predicted molar refractivity (Wildman–Crippen MR) is 324 cm³/mol. The van der Waals surface area contributed by atoms with Crippen LogP contribution in [0.5, 0.6) is 0 Å². The van der Waals surface area contributed by atoms with Crippen LogP contribution in [0.1, 0.15) is 170 Å². The van der Waals surface area contributed by atoms with Gasteiger partial charge in [-0.25, -0.2) is 9.59 Å². The summed E-state index contributed by atoms with van der Waals surface area (Å²) in [7, 11) is -9.03. The lowest BCUT2D eigenvalue weighted by atomic mass is 9.44. The lowest BCUT2D eigenvalue weighted by Crippen LogP contribution is -2.82. The maximum atomic E-state index is 17.0. The number of nitrogens with one attached hydrogen (secondary N) is 1. The lowest BCUT2D eigenvalue weighted by Gasteiger charge is -2.68. The number of ether oxygens (including phenoxy) is 5. The van der Waals surface area contributed by atoms with Gasteiger partial charge in [0.2, 0.25) is 0 Å². The minimum Gasteiger partial charge on any atom is -0.456 e. The average molecular weight is 1260 g/mol. The number of hydrogen-bond acceptors (Lipinski definition) is 20. The molecule has 0 unspecified atom stereocenters. The summed E-state index contributed by atoms with van der Waals surface area (Å²) in [6.07, 6.45) is -14.2. The summed E-state index contributed by atoms with van der Waals surface area (Å²) in [5.74, 6) is -6.88. The lowest BCUT2D eigenvalue weighted by molar-refractivity contribution is -0.347. The third-order valence-electron chi connectivity index (χ3n) is 16.3. The van der Waals surface area contributed by atoms with Crippen LogP contribution in [0.4, 0.5) is 0 Å². The van der Waals surface area contributed by atoms with Crippen molar-refractivity contribution in [2.45, 2.75) is 228 Å². The minimum absolute atomic E-state index is 0.0154. The first-order chi connectivity index (χ1) is 41.1. The number of aliphatic hydroxyl groups is 1. The van der Waals surface area contributed by atoms with Gasteiger partial charge < -0.3 is 69.5 Å².